The standard InChI is InChI=1S/C15H13NO3S2.C4H8O/c1-10(7-11-5-3-2-4-6-11)8-12-14(19)16(9-13(17)18)15(20)21-12;1-2-4-5-3-1/h2-8H,9H2,1H3,(H,17,18);1-4H2/b10-7+,12-8-;. The van der Waals surface area contributed by atoms with Gasteiger partial charge >= 0.3 is 5.97 Å². The van der Waals surface area contributed by atoms with E-state index in [0.717, 1.165) is 41.0 Å². The van der Waals surface area contributed by atoms with Gasteiger partial charge in [0.25, 0.3) is 5.91 Å². The number of rotatable bonds is 4. The van der Waals surface area contributed by atoms with E-state index >= 15 is 0 Å². The van der Waals surface area contributed by atoms with E-state index < -0.39 is 12.5 Å². The van der Waals surface area contributed by atoms with E-state index in [2.05, 4.69) is 0 Å². The number of carbonyl (C=O) groups is 2. The van der Waals surface area contributed by atoms with Gasteiger partial charge in [0.2, 0.25) is 0 Å². The van der Waals surface area contributed by atoms with Crippen LogP contribution in [-0.4, -0.2) is 46.0 Å². The largest absolute Gasteiger partial charge is 0.480 e. The lowest BCUT2D eigenvalue weighted by atomic mass is 10.1. The third kappa shape index (κ3) is 6.40. The molecule has 7 heteroatoms. The van der Waals surface area contributed by atoms with Gasteiger partial charge in [-0.2, -0.15) is 0 Å². The molecule has 5 nitrogen and oxygen atoms in total. The number of amides is 1. The molecule has 2 fully saturated rings. The second-order valence-corrected chi connectivity index (χ2v) is 7.46. The van der Waals surface area contributed by atoms with Crippen LogP contribution in [0.3, 0.4) is 0 Å². The summed E-state index contributed by atoms with van der Waals surface area (Å²) in [5.41, 5.74) is 1.93. The van der Waals surface area contributed by atoms with Gasteiger partial charge in [-0.05, 0) is 37.0 Å². The molecule has 1 aromatic rings. The molecule has 0 aromatic heterocycles. The van der Waals surface area contributed by atoms with Crippen molar-refractivity contribution in [3.8, 4) is 0 Å². The minimum atomic E-state index is -1.08. The van der Waals surface area contributed by atoms with Crippen LogP contribution in [0.5, 0.6) is 0 Å². The lowest BCUT2D eigenvalue weighted by Gasteiger charge is -2.10. The Labute approximate surface area is 162 Å². The molecule has 0 unspecified atom stereocenters. The fourth-order valence-corrected chi connectivity index (χ4v) is 3.65. The zero-order valence-electron chi connectivity index (χ0n) is 14.5. The third-order valence-corrected chi connectivity index (χ3v) is 4.92. The van der Waals surface area contributed by atoms with Crippen LogP contribution in [-0.2, 0) is 14.3 Å². The Bertz CT molecular complexity index is 717. The first kappa shape index (κ1) is 20.4. The van der Waals surface area contributed by atoms with Crippen LogP contribution in [0.25, 0.3) is 6.08 Å². The quantitative estimate of drug-likeness (QED) is 0.623. The lowest BCUT2D eigenvalue weighted by Crippen LogP contribution is -2.33. The summed E-state index contributed by atoms with van der Waals surface area (Å²) in [5.74, 6) is -1.43. The first-order valence-corrected chi connectivity index (χ1v) is 9.48. The summed E-state index contributed by atoms with van der Waals surface area (Å²) in [7, 11) is 0. The Morgan fingerprint density at radius 2 is 1.96 bits per heavy atom. The number of carboxylic acids is 1. The highest BCUT2D eigenvalue weighted by molar-refractivity contribution is 8.26. The molecule has 0 atom stereocenters. The molecular weight excluding hydrogens is 370 g/mol. The molecule has 138 valence electrons. The molecule has 2 heterocycles. The van der Waals surface area contributed by atoms with E-state index in [9.17, 15) is 9.59 Å². The van der Waals surface area contributed by atoms with Crippen LogP contribution in [0.1, 0.15) is 25.3 Å². The third-order valence-electron chi connectivity index (χ3n) is 3.55. The summed E-state index contributed by atoms with van der Waals surface area (Å²) in [6.07, 6.45) is 6.23. The maximum atomic E-state index is 12.1. The van der Waals surface area contributed by atoms with Crippen molar-refractivity contribution in [2.24, 2.45) is 0 Å². The van der Waals surface area contributed by atoms with Crippen LogP contribution < -0.4 is 0 Å². The molecule has 1 aromatic carbocycles. The summed E-state index contributed by atoms with van der Waals surface area (Å²) < 4.78 is 5.22. The SMILES string of the molecule is C1CCOC1.CC(/C=C1\SC(=S)N(CC(=O)O)C1=O)=C\c1ccccc1. The van der Waals surface area contributed by atoms with Gasteiger partial charge in [-0.15, -0.1) is 0 Å². The van der Waals surface area contributed by atoms with Crippen LogP contribution >= 0.6 is 24.0 Å². The van der Waals surface area contributed by atoms with E-state index in [1.165, 1.54) is 12.8 Å². The van der Waals surface area contributed by atoms with Gasteiger partial charge in [-0.3, -0.25) is 14.5 Å². The molecule has 0 aliphatic carbocycles. The summed E-state index contributed by atoms with van der Waals surface area (Å²) >= 11 is 6.17. The van der Waals surface area contributed by atoms with E-state index in [1.807, 2.05) is 43.3 Å². The second kappa shape index (κ2) is 10.3. The highest BCUT2D eigenvalue weighted by atomic mass is 32.2. The number of carbonyl (C=O) groups excluding carboxylic acids is 1. The maximum absolute atomic E-state index is 12.1. The average molecular weight is 392 g/mol. The molecule has 0 spiro atoms. The molecule has 2 aliphatic heterocycles. The number of hydrogen-bond donors (Lipinski definition) is 1. The van der Waals surface area contributed by atoms with Crippen LogP contribution in [0.2, 0.25) is 0 Å². The van der Waals surface area contributed by atoms with Crippen molar-refractivity contribution in [1.82, 2.24) is 4.90 Å². The van der Waals surface area contributed by atoms with Crippen molar-refractivity contribution >= 4 is 46.3 Å². The maximum Gasteiger partial charge on any atom is 0.323 e. The van der Waals surface area contributed by atoms with Gasteiger partial charge in [0.1, 0.15) is 10.9 Å². The zero-order chi connectivity index (χ0) is 18.9. The summed E-state index contributed by atoms with van der Waals surface area (Å²) in [4.78, 5) is 24.4. The molecule has 0 radical (unpaired) electrons. The van der Waals surface area contributed by atoms with Crippen LogP contribution in [0, 0.1) is 0 Å². The second-order valence-electron chi connectivity index (χ2n) is 5.78. The number of thioether (sulfide) groups is 1. The van der Waals surface area contributed by atoms with Crippen molar-refractivity contribution in [2.45, 2.75) is 19.8 Å². The Morgan fingerprint density at radius 3 is 2.50 bits per heavy atom. The highest BCUT2D eigenvalue weighted by Crippen LogP contribution is 2.31. The van der Waals surface area contributed by atoms with Crippen molar-refractivity contribution in [2.75, 3.05) is 19.8 Å². The fraction of sp³-hybridized carbons (Fsp3) is 0.316. The number of allylic oxidation sites excluding steroid dienone is 2. The van der Waals surface area contributed by atoms with E-state index in [1.54, 1.807) is 6.08 Å². The average Bonchev–Trinajstić information content (AvgIpc) is 3.25. The normalized spacial score (nSPS) is 18.9. The minimum absolute atomic E-state index is 0.279. The molecular formula is C19H21NO4S2. The van der Waals surface area contributed by atoms with Crippen LogP contribution in [0.4, 0.5) is 0 Å². The topological polar surface area (TPSA) is 66.8 Å². The minimum Gasteiger partial charge on any atom is -0.480 e. The van der Waals surface area contributed by atoms with Crippen LogP contribution in [0.15, 0.2) is 46.9 Å². The molecule has 1 N–H and O–H groups in total. The lowest BCUT2D eigenvalue weighted by molar-refractivity contribution is -0.140. The number of hydrogen-bond acceptors (Lipinski definition) is 5. The summed E-state index contributed by atoms with van der Waals surface area (Å²) in [5, 5.41) is 8.78. The van der Waals surface area contributed by atoms with Gasteiger partial charge in [-0.1, -0.05) is 60.4 Å². The molecule has 2 saturated heterocycles. The number of ether oxygens (including phenoxy) is 1. The zero-order valence-corrected chi connectivity index (χ0v) is 16.1. The Hall–Kier alpha value is -1.96. The van der Waals surface area contributed by atoms with Gasteiger partial charge in [0, 0.05) is 13.2 Å². The van der Waals surface area contributed by atoms with Gasteiger partial charge in [-0.25, -0.2) is 0 Å². The molecule has 2 aliphatic rings. The number of nitrogens with zero attached hydrogens (tertiary/aromatic N) is 1. The highest BCUT2D eigenvalue weighted by Gasteiger charge is 2.33. The predicted octanol–water partition coefficient (Wildman–Crippen LogP) is 3.72. The van der Waals surface area contributed by atoms with Gasteiger partial charge in [0.05, 0.1) is 4.91 Å². The number of thiocarbonyl (C=S) groups is 1. The first-order chi connectivity index (χ1) is 12.5. The molecule has 1 amide bonds. The molecule has 0 saturated carbocycles. The monoisotopic (exact) mass is 391 g/mol. The van der Waals surface area contributed by atoms with Gasteiger partial charge in [0.15, 0.2) is 0 Å². The van der Waals surface area contributed by atoms with Crippen molar-refractivity contribution in [3.63, 3.8) is 0 Å². The summed E-state index contributed by atoms with van der Waals surface area (Å²) in [6, 6.07) is 9.74. The number of carboxylic acid groups (broad SMARTS) is 1. The fourth-order valence-electron chi connectivity index (χ4n) is 2.34. The molecule has 3 rings (SSSR count). The smallest absolute Gasteiger partial charge is 0.323 e. The van der Waals surface area contributed by atoms with Gasteiger partial charge < -0.3 is 9.84 Å². The Kier molecular flexibility index (Phi) is 8.03. The van der Waals surface area contributed by atoms with Crippen molar-refractivity contribution < 1.29 is 19.4 Å². The molecule has 26 heavy (non-hydrogen) atoms. The first-order valence-electron chi connectivity index (χ1n) is 8.25. The van der Waals surface area contributed by atoms with E-state index in [0.29, 0.717) is 4.91 Å². The summed E-state index contributed by atoms with van der Waals surface area (Å²) in [6.45, 7) is 3.49. The van der Waals surface area contributed by atoms with E-state index in [4.69, 9.17) is 22.1 Å². The Morgan fingerprint density at radius 1 is 1.31 bits per heavy atom. The number of benzene rings is 1. The number of aliphatic carboxylic acids is 1. The van der Waals surface area contributed by atoms with E-state index in [-0.39, 0.29) is 10.2 Å². The van der Waals surface area contributed by atoms with Crippen molar-refractivity contribution in [3.05, 3.63) is 52.4 Å². The van der Waals surface area contributed by atoms with Crippen molar-refractivity contribution in [1.29, 1.82) is 0 Å². The predicted molar refractivity (Wildman–Crippen MR) is 108 cm³/mol. The Balaban J connectivity index is 0.000000417. The molecule has 0 bridgehead atoms.